The van der Waals surface area contributed by atoms with Crippen molar-refractivity contribution in [1.29, 1.82) is 0 Å². The van der Waals surface area contributed by atoms with Crippen LogP contribution in [-0.4, -0.2) is 0 Å². The number of benzene rings is 1. The van der Waals surface area contributed by atoms with E-state index < -0.39 is 0 Å². The summed E-state index contributed by atoms with van der Waals surface area (Å²) in [5.74, 6) is 0. The molecule has 1 unspecified atom stereocenters. The highest BCUT2D eigenvalue weighted by molar-refractivity contribution is 7.16. The van der Waals surface area contributed by atoms with Crippen molar-refractivity contribution in [3.8, 4) is 0 Å². The van der Waals surface area contributed by atoms with Crippen LogP contribution in [0.1, 0.15) is 33.2 Å². The van der Waals surface area contributed by atoms with Crippen molar-refractivity contribution < 1.29 is 0 Å². The second-order valence-electron chi connectivity index (χ2n) is 4.44. The lowest BCUT2D eigenvalue weighted by molar-refractivity contribution is 0.879. The van der Waals surface area contributed by atoms with Gasteiger partial charge in [0.15, 0.2) is 0 Å². The standard InChI is InChI=1S/C14H16ClNS/c1-8-4-5-9(2)11(6-8)13(16)12-7-10(3)14(15)17-12/h4-7,13H,16H2,1-3H3. The van der Waals surface area contributed by atoms with Crippen LogP contribution in [0.5, 0.6) is 0 Å². The minimum atomic E-state index is -0.0777. The summed E-state index contributed by atoms with van der Waals surface area (Å²) in [6.45, 7) is 6.19. The van der Waals surface area contributed by atoms with Gasteiger partial charge in [-0.05, 0) is 43.5 Å². The summed E-state index contributed by atoms with van der Waals surface area (Å²) in [6.07, 6.45) is 0. The Morgan fingerprint density at radius 3 is 2.41 bits per heavy atom. The maximum Gasteiger partial charge on any atom is 0.0961 e. The first-order valence-electron chi connectivity index (χ1n) is 5.57. The Bertz CT molecular complexity index is 526. The molecule has 0 fully saturated rings. The molecule has 3 heteroatoms. The smallest absolute Gasteiger partial charge is 0.0961 e. The molecule has 0 aliphatic heterocycles. The molecule has 2 aromatic rings. The average molecular weight is 266 g/mol. The third-order valence-corrected chi connectivity index (χ3v) is 4.59. The average Bonchev–Trinajstić information content (AvgIpc) is 2.62. The predicted octanol–water partition coefficient (Wildman–Crippen LogP) is 4.37. The molecule has 90 valence electrons. The quantitative estimate of drug-likeness (QED) is 0.857. The number of nitrogens with two attached hydrogens (primary N) is 1. The monoisotopic (exact) mass is 265 g/mol. The summed E-state index contributed by atoms with van der Waals surface area (Å²) >= 11 is 7.67. The summed E-state index contributed by atoms with van der Waals surface area (Å²) in [5.41, 5.74) is 11.1. The predicted molar refractivity (Wildman–Crippen MR) is 76.0 cm³/mol. The Labute approximate surface area is 111 Å². The van der Waals surface area contributed by atoms with Gasteiger partial charge in [-0.3, -0.25) is 0 Å². The molecule has 0 aliphatic rings. The molecule has 0 bridgehead atoms. The highest BCUT2D eigenvalue weighted by atomic mass is 35.5. The van der Waals surface area contributed by atoms with E-state index in [4.69, 9.17) is 17.3 Å². The van der Waals surface area contributed by atoms with Crippen molar-refractivity contribution in [1.82, 2.24) is 0 Å². The zero-order valence-corrected chi connectivity index (χ0v) is 11.8. The number of rotatable bonds is 2. The lowest BCUT2D eigenvalue weighted by atomic mass is 9.98. The Morgan fingerprint density at radius 2 is 1.82 bits per heavy atom. The fourth-order valence-corrected chi connectivity index (χ4v) is 3.12. The van der Waals surface area contributed by atoms with Crippen molar-refractivity contribution in [2.24, 2.45) is 5.73 Å². The molecular weight excluding hydrogens is 250 g/mol. The van der Waals surface area contributed by atoms with Crippen molar-refractivity contribution in [3.05, 3.63) is 55.7 Å². The van der Waals surface area contributed by atoms with Gasteiger partial charge in [0, 0.05) is 4.88 Å². The van der Waals surface area contributed by atoms with E-state index in [9.17, 15) is 0 Å². The van der Waals surface area contributed by atoms with Gasteiger partial charge in [-0.2, -0.15) is 0 Å². The Hall–Kier alpha value is -0.830. The maximum absolute atomic E-state index is 6.32. The fourth-order valence-electron chi connectivity index (χ4n) is 1.89. The van der Waals surface area contributed by atoms with E-state index in [1.807, 2.05) is 6.92 Å². The van der Waals surface area contributed by atoms with E-state index in [1.165, 1.54) is 16.7 Å². The molecule has 0 saturated carbocycles. The highest BCUT2D eigenvalue weighted by Gasteiger charge is 2.15. The summed E-state index contributed by atoms with van der Waals surface area (Å²) in [6, 6.07) is 8.39. The molecule has 0 aliphatic carbocycles. The van der Waals surface area contributed by atoms with Crippen molar-refractivity contribution in [3.63, 3.8) is 0 Å². The van der Waals surface area contributed by atoms with Gasteiger partial charge in [0.2, 0.25) is 0 Å². The van der Waals surface area contributed by atoms with Gasteiger partial charge >= 0.3 is 0 Å². The van der Waals surface area contributed by atoms with Gasteiger partial charge in [0.05, 0.1) is 10.4 Å². The van der Waals surface area contributed by atoms with Crippen molar-refractivity contribution >= 4 is 22.9 Å². The van der Waals surface area contributed by atoms with Crippen LogP contribution in [0.2, 0.25) is 4.34 Å². The van der Waals surface area contributed by atoms with Crippen LogP contribution in [0.3, 0.4) is 0 Å². The molecule has 2 rings (SSSR count). The van der Waals surface area contributed by atoms with E-state index in [2.05, 4.69) is 38.1 Å². The largest absolute Gasteiger partial charge is 0.320 e. The first-order chi connectivity index (χ1) is 7.99. The minimum Gasteiger partial charge on any atom is -0.320 e. The molecule has 1 heterocycles. The van der Waals surface area contributed by atoms with Gasteiger partial charge in [-0.15, -0.1) is 11.3 Å². The topological polar surface area (TPSA) is 26.0 Å². The van der Waals surface area contributed by atoms with Gasteiger partial charge < -0.3 is 5.73 Å². The minimum absolute atomic E-state index is 0.0777. The second-order valence-corrected chi connectivity index (χ2v) is 6.13. The molecular formula is C14H16ClNS. The van der Waals surface area contributed by atoms with Crippen LogP contribution < -0.4 is 5.73 Å². The summed E-state index contributed by atoms with van der Waals surface area (Å²) in [4.78, 5) is 1.13. The van der Waals surface area contributed by atoms with Gasteiger partial charge in [0.1, 0.15) is 0 Å². The van der Waals surface area contributed by atoms with Gasteiger partial charge in [-0.1, -0.05) is 35.4 Å². The van der Waals surface area contributed by atoms with E-state index in [1.54, 1.807) is 11.3 Å². The van der Waals surface area contributed by atoms with E-state index in [0.717, 1.165) is 14.8 Å². The van der Waals surface area contributed by atoms with Crippen LogP contribution in [0.4, 0.5) is 0 Å². The molecule has 1 aromatic heterocycles. The SMILES string of the molecule is Cc1ccc(C)c(C(N)c2cc(C)c(Cl)s2)c1. The zero-order chi connectivity index (χ0) is 12.6. The number of hydrogen-bond donors (Lipinski definition) is 1. The van der Waals surface area contributed by atoms with Gasteiger partial charge in [0.25, 0.3) is 0 Å². The summed E-state index contributed by atoms with van der Waals surface area (Å²) in [7, 11) is 0. The maximum atomic E-state index is 6.32. The molecule has 17 heavy (non-hydrogen) atoms. The van der Waals surface area contributed by atoms with Crippen molar-refractivity contribution in [2.75, 3.05) is 0 Å². The molecule has 0 saturated heterocycles. The van der Waals surface area contributed by atoms with Gasteiger partial charge in [-0.25, -0.2) is 0 Å². The Kier molecular flexibility index (Phi) is 3.57. The van der Waals surface area contributed by atoms with E-state index in [-0.39, 0.29) is 6.04 Å². The molecule has 0 radical (unpaired) electrons. The van der Waals surface area contributed by atoms with Crippen LogP contribution in [0.25, 0.3) is 0 Å². The Morgan fingerprint density at radius 1 is 1.12 bits per heavy atom. The number of aryl methyl sites for hydroxylation is 3. The number of halogens is 1. The van der Waals surface area contributed by atoms with Crippen LogP contribution in [-0.2, 0) is 0 Å². The third kappa shape index (κ3) is 2.54. The lowest BCUT2D eigenvalue weighted by Crippen LogP contribution is -2.12. The number of thiophene rings is 1. The molecule has 1 aromatic carbocycles. The van der Waals surface area contributed by atoms with Crippen LogP contribution in [0, 0.1) is 20.8 Å². The lowest BCUT2D eigenvalue weighted by Gasteiger charge is -2.14. The first-order valence-corrected chi connectivity index (χ1v) is 6.77. The van der Waals surface area contributed by atoms with Crippen LogP contribution in [0.15, 0.2) is 24.3 Å². The molecule has 1 atom stereocenters. The van der Waals surface area contributed by atoms with Crippen LogP contribution >= 0.6 is 22.9 Å². The molecule has 0 amide bonds. The third-order valence-electron chi connectivity index (χ3n) is 2.95. The first kappa shape index (κ1) is 12.6. The highest BCUT2D eigenvalue weighted by Crippen LogP contribution is 2.33. The second kappa shape index (κ2) is 4.81. The normalized spacial score (nSPS) is 12.8. The zero-order valence-electron chi connectivity index (χ0n) is 10.3. The molecule has 1 nitrogen and oxygen atoms in total. The molecule has 2 N–H and O–H groups in total. The summed E-state index contributed by atoms with van der Waals surface area (Å²) < 4.78 is 0.834. The van der Waals surface area contributed by atoms with E-state index in [0.29, 0.717) is 0 Å². The molecule has 0 spiro atoms. The summed E-state index contributed by atoms with van der Waals surface area (Å²) in [5, 5.41) is 0. The fraction of sp³-hybridized carbons (Fsp3) is 0.286. The van der Waals surface area contributed by atoms with E-state index >= 15 is 0 Å². The number of hydrogen-bond acceptors (Lipinski definition) is 2. The Balaban J connectivity index is 2.42. The van der Waals surface area contributed by atoms with Crippen molar-refractivity contribution in [2.45, 2.75) is 26.8 Å².